The number of nitrogens with zero attached hydrogens (tertiary/aromatic N) is 1. The van der Waals surface area contributed by atoms with E-state index < -0.39 is 0 Å². The van der Waals surface area contributed by atoms with Gasteiger partial charge in [-0.05, 0) is 55.8 Å². The van der Waals surface area contributed by atoms with Crippen LogP contribution in [0.15, 0.2) is 41.0 Å². The standard InChI is InChI=1S/C19H23ClN2/c1-6-13(8-15(7-2)21-5)16-11-19-14(9-17(16)20)10-18(22-19)12(3)4/h6,8-12,22H,5,7H2,1-4H3/b13-6+,15-8-. The van der Waals surface area contributed by atoms with E-state index in [1.807, 2.05) is 19.1 Å². The van der Waals surface area contributed by atoms with Gasteiger partial charge in [0.15, 0.2) is 0 Å². The third kappa shape index (κ3) is 3.33. The van der Waals surface area contributed by atoms with Gasteiger partial charge >= 0.3 is 0 Å². The first kappa shape index (κ1) is 16.6. The average Bonchev–Trinajstić information content (AvgIpc) is 2.91. The van der Waals surface area contributed by atoms with Crippen molar-refractivity contribution in [3.63, 3.8) is 0 Å². The molecule has 1 aromatic carbocycles. The lowest BCUT2D eigenvalue weighted by Crippen LogP contribution is -1.87. The highest BCUT2D eigenvalue weighted by Gasteiger charge is 2.10. The fraction of sp³-hybridized carbons (Fsp3) is 0.316. The highest BCUT2D eigenvalue weighted by atomic mass is 35.5. The van der Waals surface area contributed by atoms with Crippen molar-refractivity contribution in [2.24, 2.45) is 4.99 Å². The molecule has 2 rings (SSSR count). The van der Waals surface area contributed by atoms with Crippen molar-refractivity contribution in [2.75, 3.05) is 0 Å². The van der Waals surface area contributed by atoms with E-state index in [4.69, 9.17) is 11.6 Å². The van der Waals surface area contributed by atoms with Crippen LogP contribution in [-0.2, 0) is 0 Å². The number of allylic oxidation sites excluding steroid dienone is 4. The summed E-state index contributed by atoms with van der Waals surface area (Å²) in [6.07, 6.45) is 4.95. The van der Waals surface area contributed by atoms with Gasteiger partial charge in [-0.1, -0.05) is 38.4 Å². The summed E-state index contributed by atoms with van der Waals surface area (Å²) in [6, 6.07) is 6.31. The van der Waals surface area contributed by atoms with E-state index in [0.29, 0.717) is 5.92 Å². The summed E-state index contributed by atoms with van der Waals surface area (Å²) in [7, 11) is 0. The Balaban J connectivity index is 2.56. The minimum Gasteiger partial charge on any atom is -0.358 e. The highest BCUT2D eigenvalue weighted by Crippen LogP contribution is 2.32. The zero-order valence-electron chi connectivity index (χ0n) is 13.7. The molecule has 0 aliphatic heterocycles. The topological polar surface area (TPSA) is 28.1 Å². The zero-order valence-corrected chi connectivity index (χ0v) is 14.5. The molecule has 1 aromatic heterocycles. The molecule has 0 saturated heterocycles. The molecule has 0 unspecified atom stereocenters. The lowest BCUT2D eigenvalue weighted by molar-refractivity contribution is 0.836. The van der Waals surface area contributed by atoms with Crippen LogP contribution in [0, 0.1) is 0 Å². The third-order valence-electron chi connectivity index (χ3n) is 3.86. The first-order valence-corrected chi connectivity index (χ1v) is 8.04. The van der Waals surface area contributed by atoms with Crippen molar-refractivity contribution in [2.45, 2.75) is 40.0 Å². The van der Waals surface area contributed by atoms with E-state index in [2.05, 4.69) is 55.7 Å². The number of aromatic amines is 1. The van der Waals surface area contributed by atoms with Gasteiger partial charge in [-0.3, -0.25) is 4.99 Å². The number of aromatic nitrogens is 1. The van der Waals surface area contributed by atoms with Crippen molar-refractivity contribution in [3.05, 3.63) is 52.3 Å². The van der Waals surface area contributed by atoms with Crippen molar-refractivity contribution >= 4 is 34.8 Å². The van der Waals surface area contributed by atoms with E-state index in [9.17, 15) is 0 Å². The van der Waals surface area contributed by atoms with Crippen LogP contribution in [0.1, 0.15) is 51.3 Å². The Kier molecular flexibility index (Phi) is 5.25. The normalized spacial score (nSPS) is 13.2. The summed E-state index contributed by atoms with van der Waals surface area (Å²) >= 11 is 6.51. The smallest absolute Gasteiger partial charge is 0.0491 e. The number of benzene rings is 1. The second kappa shape index (κ2) is 6.97. The predicted octanol–water partition coefficient (Wildman–Crippen LogP) is 6.34. The van der Waals surface area contributed by atoms with E-state index in [1.165, 1.54) is 5.69 Å². The van der Waals surface area contributed by atoms with Gasteiger partial charge in [0.25, 0.3) is 0 Å². The SMILES string of the molecule is C=N/C(=C\C(=C/C)c1cc2[nH]c(C(C)C)cc2cc1Cl)CC. The van der Waals surface area contributed by atoms with Gasteiger partial charge < -0.3 is 4.98 Å². The molecule has 0 radical (unpaired) electrons. The maximum atomic E-state index is 6.51. The summed E-state index contributed by atoms with van der Waals surface area (Å²) in [6.45, 7) is 12.1. The molecular formula is C19H23ClN2. The number of nitrogens with one attached hydrogen (secondary N) is 1. The average molecular weight is 315 g/mol. The van der Waals surface area contributed by atoms with Crippen molar-refractivity contribution in [1.29, 1.82) is 0 Å². The zero-order chi connectivity index (χ0) is 16.3. The summed E-state index contributed by atoms with van der Waals surface area (Å²) in [5.74, 6) is 0.465. The van der Waals surface area contributed by atoms with Crippen LogP contribution in [0.3, 0.4) is 0 Å². The summed E-state index contributed by atoms with van der Waals surface area (Å²) in [5.41, 5.74) is 5.38. The second-order valence-corrected chi connectivity index (χ2v) is 6.10. The van der Waals surface area contributed by atoms with E-state index in [1.54, 1.807) is 0 Å². The Morgan fingerprint density at radius 3 is 2.64 bits per heavy atom. The molecular weight excluding hydrogens is 292 g/mol. The number of halogens is 1. The number of hydrogen-bond donors (Lipinski definition) is 1. The van der Waals surface area contributed by atoms with Crippen molar-refractivity contribution in [3.8, 4) is 0 Å². The van der Waals surface area contributed by atoms with Crippen LogP contribution in [0.5, 0.6) is 0 Å². The lowest BCUT2D eigenvalue weighted by Gasteiger charge is -2.07. The molecule has 22 heavy (non-hydrogen) atoms. The summed E-state index contributed by atoms with van der Waals surface area (Å²) in [4.78, 5) is 7.54. The molecule has 0 fully saturated rings. The van der Waals surface area contributed by atoms with Gasteiger partial charge in [-0.25, -0.2) is 0 Å². The van der Waals surface area contributed by atoms with E-state index in [-0.39, 0.29) is 0 Å². The highest BCUT2D eigenvalue weighted by molar-refractivity contribution is 6.33. The molecule has 3 heteroatoms. The monoisotopic (exact) mass is 314 g/mol. The minimum absolute atomic E-state index is 0.465. The van der Waals surface area contributed by atoms with Gasteiger partial charge in [-0.2, -0.15) is 0 Å². The van der Waals surface area contributed by atoms with Gasteiger partial charge in [0.05, 0.1) is 0 Å². The molecule has 0 atom stereocenters. The molecule has 1 heterocycles. The van der Waals surface area contributed by atoms with Gasteiger partial charge in [0, 0.05) is 32.9 Å². The Labute approximate surface area is 137 Å². The maximum Gasteiger partial charge on any atom is 0.0491 e. The van der Waals surface area contributed by atoms with Gasteiger partial charge in [0.1, 0.15) is 0 Å². The molecule has 0 spiro atoms. The Morgan fingerprint density at radius 2 is 2.09 bits per heavy atom. The Bertz CT molecular complexity index is 748. The minimum atomic E-state index is 0.465. The van der Waals surface area contributed by atoms with Crippen LogP contribution in [0.4, 0.5) is 0 Å². The molecule has 2 nitrogen and oxygen atoms in total. The number of fused-ring (bicyclic) bond motifs is 1. The summed E-state index contributed by atoms with van der Waals surface area (Å²) < 4.78 is 0. The lowest BCUT2D eigenvalue weighted by atomic mass is 10.0. The first-order chi connectivity index (χ1) is 10.5. The van der Waals surface area contributed by atoms with Crippen LogP contribution >= 0.6 is 11.6 Å². The number of hydrogen-bond acceptors (Lipinski definition) is 1. The second-order valence-electron chi connectivity index (χ2n) is 5.69. The number of H-pyrrole nitrogens is 1. The molecule has 0 saturated carbocycles. The maximum absolute atomic E-state index is 6.51. The summed E-state index contributed by atoms with van der Waals surface area (Å²) in [5, 5.41) is 1.90. The Morgan fingerprint density at radius 1 is 1.36 bits per heavy atom. The molecule has 0 aliphatic rings. The number of rotatable bonds is 5. The van der Waals surface area contributed by atoms with E-state index >= 15 is 0 Å². The van der Waals surface area contributed by atoms with Crippen LogP contribution < -0.4 is 0 Å². The fourth-order valence-corrected chi connectivity index (χ4v) is 2.74. The molecule has 116 valence electrons. The molecule has 2 aromatic rings. The molecule has 0 aliphatic carbocycles. The largest absolute Gasteiger partial charge is 0.358 e. The van der Waals surface area contributed by atoms with Crippen LogP contribution in [-0.4, -0.2) is 11.7 Å². The van der Waals surface area contributed by atoms with Crippen LogP contribution in [0.2, 0.25) is 5.02 Å². The van der Waals surface area contributed by atoms with Crippen molar-refractivity contribution < 1.29 is 0 Å². The molecule has 0 bridgehead atoms. The number of aliphatic imine (C=N–C) groups is 1. The Hall–Kier alpha value is -1.80. The van der Waals surface area contributed by atoms with E-state index in [0.717, 1.165) is 39.2 Å². The van der Waals surface area contributed by atoms with Gasteiger partial charge in [0.2, 0.25) is 0 Å². The predicted molar refractivity (Wildman–Crippen MR) is 99.0 cm³/mol. The fourth-order valence-electron chi connectivity index (χ4n) is 2.46. The van der Waals surface area contributed by atoms with Gasteiger partial charge in [-0.15, -0.1) is 0 Å². The van der Waals surface area contributed by atoms with Crippen molar-refractivity contribution in [1.82, 2.24) is 4.98 Å². The molecule has 0 amide bonds. The molecule has 1 N–H and O–H groups in total. The first-order valence-electron chi connectivity index (χ1n) is 7.66. The third-order valence-corrected chi connectivity index (χ3v) is 4.17. The van der Waals surface area contributed by atoms with Crippen LogP contribution in [0.25, 0.3) is 16.5 Å². The quantitative estimate of drug-likeness (QED) is 0.492.